The first-order valence-corrected chi connectivity index (χ1v) is 12.5. The highest BCUT2D eigenvalue weighted by atomic mass is 19.1. The first kappa shape index (κ1) is 24.4. The van der Waals surface area contributed by atoms with Gasteiger partial charge in [0.25, 0.3) is 5.89 Å². The van der Waals surface area contributed by atoms with E-state index >= 15 is 0 Å². The van der Waals surface area contributed by atoms with Crippen molar-refractivity contribution in [1.82, 2.24) is 20.4 Å². The van der Waals surface area contributed by atoms with E-state index in [1.165, 1.54) is 23.3 Å². The highest BCUT2D eigenvalue weighted by Gasteiger charge is 2.35. The van der Waals surface area contributed by atoms with Crippen molar-refractivity contribution in [3.05, 3.63) is 113 Å². The summed E-state index contributed by atoms with van der Waals surface area (Å²) in [6.45, 7) is 4.58. The Morgan fingerprint density at radius 1 is 0.973 bits per heavy atom. The van der Waals surface area contributed by atoms with E-state index in [1.54, 1.807) is 17.0 Å². The molecule has 2 amide bonds. The fourth-order valence-electron chi connectivity index (χ4n) is 4.66. The molecule has 1 N–H and O–H groups in total. The highest BCUT2D eigenvalue weighted by molar-refractivity contribution is 5.86. The van der Waals surface area contributed by atoms with Gasteiger partial charge in [-0.15, -0.1) is 0 Å². The van der Waals surface area contributed by atoms with Crippen LogP contribution < -0.4 is 5.32 Å². The van der Waals surface area contributed by atoms with Gasteiger partial charge in [-0.2, -0.15) is 4.98 Å². The van der Waals surface area contributed by atoms with Gasteiger partial charge in [0, 0.05) is 17.8 Å². The molecule has 2 heterocycles. The second kappa shape index (κ2) is 10.8. The minimum absolute atomic E-state index is 0.155. The molecule has 1 aliphatic rings. The Hall–Kier alpha value is -4.26. The third-order valence-corrected chi connectivity index (χ3v) is 6.77. The largest absolute Gasteiger partial charge is 0.334 e. The van der Waals surface area contributed by atoms with Crippen LogP contribution in [0.4, 0.5) is 9.18 Å². The van der Waals surface area contributed by atoms with E-state index in [2.05, 4.69) is 46.6 Å². The lowest BCUT2D eigenvalue weighted by Gasteiger charge is -2.35. The van der Waals surface area contributed by atoms with E-state index < -0.39 is 6.04 Å². The molecule has 1 aromatic heterocycles. The second-order valence-corrected chi connectivity index (χ2v) is 9.15. The van der Waals surface area contributed by atoms with Crippen LogP contribution in [0.2, 0.25) is 0 Å². The molecule has 4 aromatic rings. The Labute approximate surface area is 215 Å². The molecule has 0 saturated carbocycles. The molecule has 3 aromatic carbocycles. The van der Waals surface area contributed by atoms with Crippen molar-refractivity contribution in [3.63, 3.8) is 0 Å². The number of hydrogen-bond donors (Lipinski definition) is 1. The van der Waals surface area contributed by atoms with Crippen LogP contribution in [0.3, 0.4) is 0 Å². The molecule has 6 nitrogen and oxygen atoms in total. The predicted octanol–water partition coefficient (Wildman–Crippen LogP) is 6.57. The third kappa shape index (κ3) is 5.31. The molecule has 5 rings (SSSR count). The van der Waals surface area contributed by atoms with E-state index in [1.807, 2.05) is 37.3 Å². The van der Waals surface area contributed by atoms with Gasteiger partial charge in [-0.1, -0.05) is 66.7 Å². The van der Waals surface area contributed by atoms with Crippen LogP contribution in [0.5, 0.6) is 0 Å². The number of benzene rings is 3. The molecule has 0 radical (unpaired) electrons. The number of aryl methyl sites for hydroxylation is 2. The van der Waals surface area contributed by atoms with Crippen molar-refractivity contribution in [1.29, 1.82) is 0 Å². The molecule has 1 atom stereocenters. The average Bonchev–Trinajstić information content (AvgIpc) is 3.41. The quantitative estimate of drug-likeness (QED) is 0.300. The van der Waals surface area contributed by atoms with Crippen molar-refractivity contribution in [3.8, 4) is 11.4 Å². The zero-order chi connectivity index (χ0) is 25.8. The van der Waals surface area contributed by atoms with Crippen molar-refractivity contribution in [2.24, 2.45) is 0 Å². The van der Waals surface area contributed by atoms with E-state index in [0.29, 0.717) is 23.8 Å². The Bertz CT molecular complexity index is 1400. The number of rotatable bonds is 8. The molecule has 37 heavy (non-hydrogen) atoms. The number of urea groups is 1. The summed E-state index contributed by atoms with van der Waals surface area (Å²) in [5.41, 5.74) is 5.56. The molecule has 1 unspecified atom stereocenters. The summed E-state index contributed by atoms with van der Waals surface area (Å²) >= 11 is 0. The van der Waals surface area contributed by atoms with E-state index in [-0.39, 0.29) is 11.8 Å². The Morgan fingerprint density at radius 2 is 1.70 bits per heavy atom. The molecule has 0 fully saturated rings. The maximum Gasteiger partial charge on any atom is 0.322 e. The number of hydrogen-bond acceptors (Lipinski definition) is 4. The Balaban J connectivity index is 1.49. The molecule has 188 valence electrons. The lowest BCUT2D eigenvalue weighted by Crippen LogP contribution is -2.46. The smallest absolute Gasteiger partial charge is 0.322 e. The van der Waals surface area contributed by atoms with Crippen molar-refractivity contribution in [2.75, 3.05) is 6.54 Å². The zero-order valence-electron chi connectivity index (χ0n) is 20.9. The van der Waals surface area contributed by atoms with E-state index in [4.69, 9.17) is 4.52 Å². The standard InChI is InChI=1S/C30H29FN4O2/c1-3-21-11-13-23(14-12-21)27-26(29-33-28(34-37-29)24-15-17-25(31)18-16-24)20(2)35(30(36)32-27)19-7-10-22-8-5-4-6-9-22/h4-6,8-9,11-18,27H,3,7,10,19H2,1-2H3,(H,32,36). The summed E-state index contributed by atoms with van der Waals surface area (Å²) < 4.78 is 19.1. The van der Waals surface area contributed by atoms with Gasteiger partial charge in [0.2, 0.25) is 5.82 Å². The van der Waals surface area contributed by atoms with Crippen LogP contribution in [-0.2, 0) is 12.8 Å². The highest BCUT2D eigenvalue weighted by Crippen LogP contribution is 2.37. The third-order valence-electron chi connectivity index (χ3n) is 6.77. The molecule has 0 bridgehead atoms. The number of nitrogens with zero attached hydrogens (tertiary/aromatic N) is 3. The molecular formula is C30H29FN4O2. The number of aromatic nitrogens is 2. The number of halogens is 1. The maximum atomic E-state index is 13.4. The van der Waals surface area contributed by atoms with Gasteiger partial charge < -0.3 is 9.84 Å². The fourth-order valence-corrected chi connectivity index (χ4v) is 4.66. The molecule has 0 saturated heterocycles. The van der Waals surface area contributed by atoms with Crippen molar-refractivity contribution in [2.45, 2.75) is 39.2 Å². The number of carbonyl (C=O) groups is 1. The number of allylic oxidation sites excluding steroid dienone is 1. The first-order chi connectivity index (χ1) is 18.0. The summed E-state index contributed by atoms with van der Waals surface area (Å²) in [6.07, 6.45) is 2.60. The average molecular weight is 497 g/mol. The summed E-state index contributed by atoms with van der Waals surface area (Å²) in [5, 5.41) is 7.31. The predicted molar refractivity (Wildman–Crippen MR) is 141 cm³/mol. The molecule has 1 aliphatic heterocycles. The summed E-state index contributed by atoms with van der Waals surface area (Å²) in [5.74, 6) is 0.361. The van der Waals surface area contributed by atoms with Gasteiger partial charge >= 0.3 is 6.03 Å². The van der Waals surface area contributed by atoms with Crippen LogP contribution in [0.25, 0.3) is 17.0 Å². The summed E-state index contributed by atoms with van der Waals surface area (Å²) in [4.78, 5) is 19.7. The summed E-state index contributed by atoms with van der Waals surface area (Å²) in [7, 11) is 0. The van der Waals surface area contributed by atoms with Gasteiger partial charge in [-0.05, 0) is 67.1 Å². The van der Waals surface area contributed by atoms with Gasteiger partial charge in [0.05, 0.1) is 11.6 Å². The van der Waals surface area contributed by atoms with E-state index in [0.717, 1.165) is 36.1 Å². The zero-order valence-corrected chi connectivity index (χ0v) is 20.9. The van der Waals surface area contributed by atoms with E-state index in [9.17, 15) is 9.18 Å². The lowest BCUT2D eigenvalue weighted by molar-refractivity contribution is 0.204. The Morgan fingerprint density at radius 3 is 2.41 bits per heavy atom. The van der Waals surface area contributed by atoms with Gasteiger partial charge in [0.15, 0.2) is 0 Å². The SMILES string of the molecule is CCc1ccc(C2NC(=O)N(CCCc3ccccc3)C(C)=C2c2nc(-c3ccc(F)cc3)no2)cc1. The van der Waals surface area contributed by atoms with Crippen LogP contribution in [-0.4, -0.2) is 27.6 Å². The number of carbonyl (C=O) groups excluding carboxylic acids is 1. The molecular weight excluding hydrogens is 467 g/mol. The fraction of sp³-hybridized carbons (Fsp3) is 0.233. The van der Waals surface area contributed by atoms with Crippen LogP contribution in [0, 0.1) is 5.82 Å². The monoisotopic (exact) mass is 496 g/mol. The van der Waals surface area contributed by atoms with Crippen LogP contribution in [0.15, 0.2) is 89.1 Å². The minimum Gasteiger partial charge on any atom is -0.334 e. The maximum absolute atomic E-state index is 13.4. The lowest BCUT2D eigenvalue weighted by atomic mass is 9.93. The van der Waals surface area contributed by atoms with Gasteiger partial charge in [-0.25, -0.2) is 9.18 Å². The van der Waals surface area contributed by atoms with Crippen LogP contribution in [0.1, 0.15) is 48.9 Å². The van der Waals surface area contributed by atoms with Crippen molar-refractivity contribution < 1.29 is 13.7 Å². The normalized spacial score (nSPS) is 15.7. The second-order valence-electron chi connectivity index (χ2n) is 9.15. The number of amides is 2. The van der Waals surface area contributed by atoms with Crippen molar-refractivity contribution >= 4 is 11.6 Å². The Kier molecular flexibility index (Phi) is 7.12. The topological polar surface area (TPSA) is 71.3 Å². The van der Waals surface area contributed by atoms with Gasteiger partial charge in [0.1, 0.15) is 5.82 Å². The van der Waals surface area contributed by atoms with Crippen LogP contribution >= 0.6 is 0 Å². The molecule has 7 heteroatoms. The first-order valence-electron chi connectivity index (χ1n) is 12.5. The van der Waals surface area contributed by atoms with Gasteiger partial charge in [-0.3, -0.25) is 4.90 Å². The minimum atomic E-state index is -0.440. The molecule has 0 aliphatic carbocycles. The number of nitrogens with one attached hydrogen (secondary N) is 1. The summed E-state index contributed by atoms with van der Waals surface area (Å²) in [6, 6.07) is 23.8. The molecule has 0 spiro atoms.